The lowest BCUT2D eigenvalue weighted by molar-refractivity contribution is 1.53. The molecule has 0 amide bonds. The van der Waals surface area contributed by atoms with Gasteiger partial charge in [-0.05, 0) is 0 Å². The van der Waals surface area contributed by atoms with Crippen molar-refractivity contribution >= 4 is 11.8 Å². The zero-order valence-electron chi connectivity index (χ0n) is 3.25. The Morgan fingerprint density at radius 3 is 1.43 bits per heavy atom. The van der Waals surface area contributed by atoms with Crippen molar-refractivity contribution in [2.45, 2.75) is 0 Å². The van der Waals surface area contributed by atoms with Crippen LogP contribution < -0.4 is 0 Å². The summed E-state index contributed by atoms with van der Waals surface area (Å²) in [7, 11) is 0. The molecule has 0 bridgehead atoms. The van der Waals surface area contributed by atoms with E-state index in [4.69, 9.17) is 22.4 Å². The molecular formula is C3N3S-. The van der Waals surface area contributed by atoms with E-state index >= 15 is 0 Å². The summed E-state index contributed by atoms with van der Waals surface area (Å²) >= 11 is 0.574. The van der Waals surface area contributed by atoms with Crippen molar-refractivity contribution < 1.29 is 0 Å². The summed E-state index contributed by atoms with van der Waals surface area (Å²) in [5, 5.41) is 24.5. The van der Waals surface area contributed by atoms with E-state index in [0.29, 0.717) is 11.8 Å². The minimum atomic E-state index is 0.574. The Bertz CT molecular complexity index is 102. The number of hydrogen-bond acceptors (Lipinski definition) is 4. The third-order valence-corrected chi connectivity index (χ3v) is 0.274. The van der Waals surface area contributed by atoms with Gasteiger partial charge in [-0.3, -0.25) is 0 Å². The largest absolute Gasteiger partial charge is 0.512 e. The highest BCUT2D eigenvalue weighted by atomic mass is 32.2. The lowest BCUT2D eigenvalue weighted by Gasteiger charge is -1.44. The molecule has 34 valence electrons. The van der Waals surface area contributed by atoms with Crippen molar-refractivity contribution in [2.75, 3.05) is 0 Å². The van der Waals surface area contributed by atoms with Crippen LogP contribution in [0.25, 0.3) is 0 Å². The Kier molecular flexibility index (Phi) is 28.1. The molecule has 0 aliphatic carbocycles. The number of nitriles is 2. The Morgan fingerprint density at radius 1 is 1.14 bits per heavy atom. The predicted octanol–water partition coefficient (Wildman–Crippen LogP) is 0.778. The van der Waals surface area contributed by atoms with Gasteiger partial charge in [0, 0.05) is 0 Å². The zero-order valence-corrected chi connectivity index (χ0v) is 4.07. The molecule has 0 spiro atoms. The molecule has 0 N–H and O–H groups in total. The molecule has 0 saturated heterocycles. The normalized spacial score (nSPS) is 3.43. The van der Waals surface area contributed by atoms with Gasteiger partial charge >= 0.3 is 0 Å². The highest BCUT2D eigenvalue weighted by Crippen LogP contribution is 1.85. The number of thioether (sulfide) groups is 1. The second kappa shape index (κ2) is 21.2. The average Bonchev–Trinajstić information content (AvgIpc) is 1.75. The fourth-order valence-corrected chi connectivity index (χ4v) is 0.0612. The molecule has 0 rings (SSSR count). The maximum atomic E-state index is 7.56. The van der Waals surface area contributed by atoms with Crippen LogP contribution >= 0.6 is 11.8 Å². The topological polar surface area (TPSA) is 71.4 Å². The van der Waals surface area contributed by atoms with E-state index in [1.54, 1.807) is 10.8 Å². The molecule has 0 saturated carbocycles. The second-order valence-electron chi connectivity index (χ2n) is 0.285. The third kappa shape index (κ3) is 57.0. The van der Waals surface area contributed by atoms with Crippen LogP contribution in [0.5, 0.6) is 0 Å². The molecule has 3 nitrogen and oxygen atoms in total. The molecule has 0 unspecified atom stereocenters. The average molecular weight is 110 g/mol. The van der Waals surface area contributed by atoms with Crippen LogP contribution in [0.15, 0.2) is 0 Å². The molecule has 0 aromatic heterocycles. The molecule has 0 aliphatic rings. The quantitative estimate of drug-likeness (QED) is 0.341. The molecule has 0 aromatic rings. The summed E-state index contributed by atoms with van der Waals surface area (Å²) < 4.78 is 0. The Balaban J connectivity index is 0. The molecule has 0 fully saturated rings. The van der Waals surface area contributed by atoms with Crippen LogP contribution in [0.2, 0.25) is 0 Å². The Morgan fingerprint density at radius 2 is 1.43 bits per heavy atom. The zero-order chi connectivity index (χ0) is 6.12. The summed E-state index contributed by atoms with van der Waals surface area (Å²) in [5.41, 5.74) is 0. The molecule has 7 heavy (non-hydrogen) atoms. The van der Waals surface area contributed by atoms with Crippen LogP contribution in [0, 0.1) is 33.2 Å². The molecule has 0 aliphatic heterocycles. The van der Waals surface area contributed by atoms with Crippen LogP contribution in [0.4, 0.5) is 0 Å². The number of hydrogen-bond donors (Lipinski definition) is 0. The van der Waals surface area contributed by atoms with Gasteiger partial charge in [0.1, 0.15) is 10.8 Å². The molecule has 0 radical (unpaired) electrons. The number of nitrogens with zero attached hydrogens (tertiary/aromatic N) is 3. The van der Waals surface area contributed by atoms with E-state index in [0.717, 1.165) is 0 Å². The lowest BCUT2D eigenvalue weighted by Crippen LogP contribution is -1.29. The first-order valence-electron chi connectivity index (χ1n) is 1.08. The van der Waals surface area contributed by atoms with Gasteiger partial charge in [-0.25, -0.2) is 0 Å². The first-order valence-corrected chi connectivity index (χ1v) is 1.90. The SMILES string of the molecule is N#CSC#N.[C-]#N. The first kappa shape index (κ1) is 9.27. The summed E-state index contributed by atoms with van der Waals surface area (Å²) in [5.74, 6) is 0. The van der Waals surface area contributed by atoms with Crippen molar-refractivity contribution in [3.05, 3.63) is 6.57 Å². The maximum absolute atomic E-state index is 7.56. The monoisotopic (exact) mass is 110 g/mol. The van der Waals surface area contributed by atoms with Crippen molar-refractivity contribution in [3.8, 4) is 10.8 Å². The van der Waals surface area contributed by atoms with Gasteiger partial charge in [0.15, 0.2) is 0 Å². The fourth-order valence-electron chi connectivity index (χ4n) is 0.0204. The van der Waals surface area contributed by atoms with Gasteiger partial charge in [-0.1, -0.05) is 0 Å². The maximum Gasteiger partial charge on any atom is 0.149 e. The summed E-state index contributed by atoms with van der Waals surface area (Å²) in [6, 6.07) is 0. The predicted molar refractivity (Wildman–Crippen MR) is 23.8 cm³/mol. The van der Waals surface area contributed by atoms with Crippen molar-refractivity contribution in [1.82, 2.24) is 0 Å². The van der Waals surface area contributed by atoms with Gasteiger partial charge in [-0.2, -0.15) is 10.5 Å². The summed E-state index contributed by atoms with van der Waals surface area (Å²) in [4.78, 5) is 0. The van der Waals surface area contributed by atoms with E-state index in [2.05, 4.69) is 0 Å². The minimum Gasteiger partial charge on any atom is -0.512 e. The summed E-state index contributed by atoms with van der Waals surface area (Å²) in [6.45, 7) is 4.75. The van der Waals surface area contributed by atoms with Crippen LogP contribution in [0.1, 0.15) is 0 Å². The molecule has 0 heterocycles. The minimum absolute atomic E-state index is 0.574. The van der Waals surface area contributed by atoms with Crippen LogP contribution in [-0.2, 0) is 0 Å². The van der Waals surface area contributed by atoms with Crippen LogP contribution in [-0.4, -0.2) is 0 Å². The molecular weight excluding hydrogens is 110 g/mol. The van der Waals surface area contributed by atoms with Crippen molar-refractivity contribution in [3.63, 3.8) is 0 Å². The molecule has 4 heteroatoms. The first-order chi connectivity index (χ1) is 3.41. The number of rotatable bonds is 0. The standard InChI is InChI=1S/C2N2S.CN/c3-1-5-2-4;1-2/q;-1. The van der Waals surface area contributed by atoms with E-state index in [-0.39, 0.29) is 0 Å². The van der Waals surface area contributed by atoms with Gasteiger partial charge in [0.25, 0.3) is 0 Å². The van der Waals surface area contributed by atoms with Crippen LogP contribution in [0.3, 0.4) is 0 Å². The highest BCUT2D eigenvalue weighted by molar-refractivity contribution is 8.07. The molecule has 0 aromatic carbocycles. The van der Waals surface area contributed by atoms with E-state index in [1.165, 1.54) is 0 Å². The smallest absolute Gasteiger partial charge is 0.149 e. The fraction of sp³-hybridized carbons (Fsp3) is 0. The third-order valence-electron chi connectivity index (χ3n) is 0.0913. The Labute approximate surface area is 45.8 Å². The highest BCUT2D eigenvalue weighted by Gasteiger charge is 1.62. The lowest BCUT2D eigenvalue weighted by atomic mass is 11.8. The van der Waals surface area contributed by atoms with Crippen molar-refractivity contribution in [2.24, 2.45) is 0 Å². The number of thiocyanates is 2. The van der Waals surface area contributed by atoms with Gasteiger partial charge in [0.2, 0.25) is 0 Å². The van der Waals surface area contributed by atoms with Crippen molar-refractivity contribution in [1.29, 1.82) is 15.8 Å². The van der Waals surface area contributed by atoms with Gasteiger partial charge in [-0.15, -0.1) is 0 Å². The van der Waals surface area contributed by atoms with E-state index in [9.17, 15) is 0 Å². The molecule has 0 atom stereocenters. The summed E-state index contributed by atoms with van der Waals surface area (Å²) in [6.07, 6.45) is 0. The second-order valence-corrected chi connectivity index (χ2v) is 0.854. The van der Waals surface area contributed by atoms with Gasteiger partial charge in [0.05, 0.1) is 11.8 Å². The van der Waals surface area contributed by atoms with Gasteiger partial charge < -0.3 is 11.8 Å². The van der Waals surface area contributed by atoms with E-state index in [1.807, 2.05) is 0 Å². The Hall–Kier alpha value is -1.18. The van der Waals surface area contributed by atoms with E-state index < -0.39 is 0 Å².